The molecule has 17 heavy (non-hydrogen) atoms. The second-order valence-corrected chi connectivity index (χ2v) is 4.47. The topological polar surface area (TPSA) is 89.8 Å². The first-order valence-electron chi connectivity index (χ1n) is 5.95. The maximum absolute atomic E-state index is 11.8. The van der Waals surface area contributed by atoms with Crippen molar-refractivity contribution in [1.82, 2.24) is 20.6 Å². The summed E-state index contributed by atoms with van der Waals surface area (Å²) >= 11 is 0. The fraction of sp³-hybridized carbons (Fsp3) is 0.636. The van der Waals surface area contributed by atoms with E-state index >= 15 is 0 Å². The summed E-state index contributed by atoms with van der Waals surface area (Å²) < 4.78 is 0. The summed E-state index contributed by atoms with van der Waals surface area (Å²) in [5.74, 6) is -0.212. The molecule has 0 saturated heterocycles. The minimum atomic E-state index is -0.353. The standard InChI is InChI=1S/C11H18N4O2/c1-12-7-2-4-8(5-3-7)14-10(16)9-6-13-11(17)15-9/h6-8,12H,2-5H2,1H3,(H,14,16)(H2,13,15,17). The molecule has 1 saturated carbocycles. The van der Waals surface area contributed by atoms with E-state index in [1.807, 2.05) is 7.05 Å². The van der Waals surface area contributed by atoms with Crippen LogP contribution < -0.4 is 16.3 Å². The molecule has 0 aliphatic heterocycles. The van der Waals surface area contributed by atoms with Gasteiger partial charge < -0.3 is 20.6 Å². The summed E-state index contributed by atoms with van der Waals surface area (Å²) in [5.41, 5.74) is -0.0558. The fourth-order valence-electron chi connectivity index (χ4n) is 2.24. The lowest BCUT2D eigenvalue weighted by atomic mass is 9.91. The highest BCUT2D eigenvalue weighted by atomic mass is 16.2. The van der Waals surface area contributed by atoms with E-state index in [0.29, 0.717) is 11.7 Å². The van der Waals surface area contributed by atoms with Crippen LogP contribution in [0.2, 0.25) is 0 Å². The molecular formula is C11H18N4O2. The number of aromatic nitrogens is 2. The second kappa shape index (κ2) is 5.18. The molecule has 0 aromatic carbocycles. The van der Waals surface area contributed by atoms with Crippen LogP contribution in [0.4, 0.5) is 0 Å². The molecule has 1 heterocycles. The third-order valence-electron chi connectivity index (χ3n) is 3.31. The van der Waals surface area contributed by atoms with Crippen LogP contribution in [0.15, 0.2) is 11.0 Å². The Kier molecular flexibility index (Phi) is 3.63. The van der Waals surface area contributed by atoms with Crippen molar-refractivity contribution < 1.29 is 4.79 Å². The third kappa shape index (κ3) is 2.97. The highest BCUT2D eigenvalue weighted by Crippen LogP contribution is 2.18. The number of carbonyl (C=O) groups excluding carboxylic acids is 1. The predicted molar refractivity (Wildman–Crippen MR) is 64.0 cm³/mol. The predicted octanol–water partition coefficient (Wildman–Crippen LogP) is -0.0366. The molecule has 0 unspecified atom stereocenters. The first-order valence-corrected chi connectivity index (χ1v) is 5.95. The number of nitrogens with one attached hydrogen (secondary N) is 4. The van der Waals surface area contributed by atoms with Crippen molar-refractivity contribution in [2.45, 2.75) is 37.8 Å². The number of hydrogen-bond acceptors (Lipinski definition) is 3. The molecule has 4 N–H and O–H groups in total. The average molecular weight is 238 g/mol. The van der Waals surface area contributed by atoms with Gasteiger partial charge in [-0.15, -0.1) is 0 Å². The Morgan fingerprint density at radius 2 is 1.94 bits per heavy atom. The smallest absolute Gasteiger partial charge is 0.323 e. The molecule has 1 aromatic rings. The number of rotatable bonds is 3. The Morgan fingerprint density at radius 1 is 1.29 bits per heavy atom. The maximum Gasteiger partial charge on any atom is 0.323 e. The second-order valence-electron chi connectivity index (χ2n) is 4.47. The van der Waals surface area contributed by atoms with Crippen molar-refractivity contribution in [1.29, 1.82) is 0 Å². The molecule has 0 bridgehead atoms. The van der Waals surface area contributed by atoms with Gasteiger partial charge in [0.15, 0.2) is 0 Å². The molecule has 0 atom stereocenters. The van der Waals surface area contributed by atoms with Crippen LogP contribution in [0, 0.1) is 0 Å². The zero-order valence-electron chi connectivity index (χ0n) is 9.88. The molecular weight excluding hydrogens is 220 g/mol. The van der Waals surface area contributed by atoms with E-state index in [1.165, 1.54) is 6.20 Å². The van der Waals surface area contributed by atoms with E-state index in [1.54, 1.807) is 0 Å². The van der Waals surface area contributed by atoms with Crippen LogP contribution >= 0.6 is 0 Å². The van der Waals surface area contributed by atoms with E-state index in [4.69, 9.17) is 0 Å². The molecule has 1 aromatic heterocycles. The van der Waals surface area contributed by atoms with E-state index < -0.39 is 0 Å². The van der Waals surface area contributed by atoms with Gasteiger partial charge in [0.1, 0.15) is 5.69 Å². The Bertz CT molecular complexity index is 429. The van der Waals surface area contributed by atoms with E-state index in [0.717, 1.165) is 25.7 Å². The van der Waals surface area contributed by atoms with Crippen LogP contribution in [-0.4, -0.2) is 35.0 Å². The summed E-state index contributed by atoms with van der Waals surface area (Å²) in [7, 11) is 1.97. The fourth-order valence-corrected chi connectivity index (χ4v) is 2.24. The van der Waals surface area contributed by atoms with Gasteiger partial charge in [0.2, 0.25) is 0 Å². The van der Waals surface area contributed by atoms with Crippen molar-refractivity contribution in [2.24, 2.45) is 0 Å². The number of aromatic amines is 2. The van der Waals surface area contributed by atoms with E-state index in [2.05, 4.69) is 20.6 Å². The van der Waals surface area contributed by atoms with Crippen LogP contribution in [0.5, 0.6) is 0 Å². The number of H-pyrrole nitrogens is 2. The molecule has 1 fully saturated rings. The highest BCUT2D eigenvalue weighted by molar-refractivity contribution is 5.92. The zero-order valence-corrected chi connectivity index (χ0v) is 9.88. The summed E-state index contributed by atoms with van der Waals surface area (Å²) in [6, 6.07) is 0.778. The molecule has 6 nitrogen and oxygen atoms in total. The van der Waals surface area contributed by atoms with E-state index in [-0.39, 0.29) is 17.6 Å². The first-order chi connectivity index (χ1) is 8.19. The van der Waals surface area contributed by atoms with Gasteiger partial charge in [0, 0.05) is 18.3 Å². The molecule has 1 aliphatic rings. The lowest BCUT2D eigenvalue weighted by Gasteiger charge is -2.28. The molecule has 0 radical (unpaired) electrons. The Balaban J connectivity index is 1.86. The SMILES string of the molecule is CNC1CCC(NC(=O)c2c[nH]c(=O)[nH]2)CC1. The lowest BCUT2D eigenvalue weighted by molar-refractivity contribution is 0.0920. The minimum absolute atomic E-state index is 0.212. The zero-order chi connectivity index (χ0) is 12.3. The van der Waals surface area contributed by atoms with Crippen molar-refractivity contribution in [3.63, 3.8) is 0 Å². The number of amides is 1. The lowest BCUT2D eigenvalue weighted by Crippen LogP contribution is -2.41. The van der Waals surface area contributed by atoms with Gasteiger partial charge in [-0.2, -0.15) is 0 Å². The van der Waals surface area contributed by atoms with Gasteiger partial charge in [-0.05, 0) is 32.7 Å². The van der Waals surface area contributed by atoms with Gasteiger partial charge in [-0.25, -0.2) is 4.79 Å². The van der Waals surface area contributed by atoms with E-state index in [9.17, 15) is 9.59 Å². The molecule has 1 amide bonds. The third-order valence-corrected chi connectivity index (χ3v) is 3.31. The van der Waals surface area contributed by atoms with Crippen molar-refractivity contribution in [3.05, 3.63) is 22.4 Å². The molecule has 0 spiro atoms. The summed E-state index contributed by atoms with van der Waals surface area (Å²) in [6.07, 6.45) is 5.50. The molecule has 2 rings (SSSR count). The van der Waals surface area contributed by atoms with Gasteiger partial charge in [0.05, 0.1) is 0 Å². The largest absolute Gasteiger partial charge is 0.348 e. The van der Waals surface area contributed by atoms with Crippen LogP contribution in [0.1, 0.15) is 36.2 Å². The molecule has 94 valence electrons. The quantitative estimate of drug-likeness (QED) is 0.596. The Labute approximate surface area is 99.2 Å². The first kappa shape index (κ1) is 11.9. The van der Waals surface area contributed by atoms with Crippen LogP contribution in [0.3, 0.4) is 0 Å². The molecule has 6 heteroatoms. The van der Waals surface area contributed by atoms with Crippen LogP contribution in [0.25, 0.3) is 0 Å². The Morgan fingerprint density at radius 3 is 2.47 bits per heavy atom. The number of carbonyl (C=O) groups is 1. The maximum atomic E-state index is 11.8. The highest BCUT2D eigenvalue weighted by Gasteiger charge is 2.22. The van der Waals surface area contributed by atoms with Crippen molar-refractivity contribution >= 4 is 5.91 Å². The summed E-state index contributed by atoms with van der Waals surface area (Å²) in [4.78, 5) is 27.5. The van der Waals surface area contributed by atoms with Gasteiger partial charge in [0.25, 0.3) is 5.91 Å². The van der Waals surface area contributed by atoms with Gasteiger partial charge >= 0.3 is 5.69 Å². The Hall–Kier alpha value is -1.56. The van der Waals surface area contributed by atoms with Crippen molar-refractivity contribution in [3.8, 4) is 0 Å². The average Bonchev–Trinajstić information content (AvgIpc) is 2.77. The van der Waals surface area contributed by atoms with Gasteiger partial charge in [-0.3, -0.25) is 4.79 Å². The monoisotopic (exact) mass is 238 g/mol. The normalized spacial score (nSPS) is 24.5. The van der Waals surface area contributed by atoms with Crippen LogP contribution in [-0.2, 0) is 0 Å². The summed E-state index contributed by atoms with van der Waals surface area (Å²) in [6.45, 7) is 0. The van der Waals surface area contributed by atoms with Gasteiger partial charge in [-0.1, -0.05) is 0 Å². The number of imidazole rings is 1. The molecule has 1 aliphatic carbocycles. The van der Waals surface area contributed by atoms with Crippen molar-refractivity contribution in [2.75, 3.05) is 7.05 Å². The summed E-state index contributed by atoms with van der Waals surface area (Å²) in [5, 5.41) is 6.18. The number of hydrogen-bond donors (Lipinski definition) is 4. The minimum Gasteiger partial charge on any atom is -0.348 e.